The zero-order valence-electron chi connectivity index (χ0n) is 17.4. The van der Waals surface area contributed by atoms with Gasteiger partial charge in [-0.15, -0.1) is 34.2 Å². The molecule has 2 N–H and O–H groups in total. The normalized spacial score (nSPS) is 12.4. The number of hydrogen-bond donors (Lipinski definition) is 2. The van der Waals surface area contributed by atoms with Gasteiger partial charge in [-0.05, 0) is 25.5 Å². The van der Waals surface area contributed by atoms with E-state index in [1.165, 1.54) is 5.56 Å². The Balaban J connectivity index is 0.00000320. The van der Waals surface area contributed by atoms with Crippen LogP contribution in [0.2, 0.25) is 10.2 Å². The van der Waals surface area contributed by atoms with E-state index in [9.17, 15) is 0 Å². The molecule has 1 atom stereocenters. The van der Waals surface area contributed by atoms with Gasteiger partial charge in [0.05, 0.1) is 24.2 Å². The van der Waals surface area contributed by atoms with Crippen molar-refractivity contribution >= 4 is 53.1 Å². The second-order valence-corrected chi connectivity index (χ2v) is 7.62. The van der Waals surface area contributed by atoms with Crippen molar-refractivity contribution in [1.82, 2.24) is 30.0 Å². The molecule has 162 valence electrons. The Labute approximate surface area is 203 Å². The molecule has 3 aromatic rings. The lowest BCUT2D eigenvalue weighted by atomic mass is 10.1. The van der Waals surface area contributed by atoms with Crippen molar-refractivity contribution in [3.8, 4) is 0 Å². The molecular weight excluding hydrogens is 536 g/mol. The van der Waals surface area contributed by atoms with E-state index in [1.54, 1.807) is 0 Å². The first-order chi connectivity index (χ1) is 13.9. The number of hydrogen-bond acceptors (Lipinski definition) is 3. The third-order valence-electron chi connectivity index (χ3n) is 4.86. The SMILES string of the molecule is Cc1nnc(CNC(=NCc2cc(Cl)c(Cl)n2C)NC(C)c2ccccc2)n1C.I. The quantitative estimate of drug-likeness (QED) is 0.266. The van der Waals surface area contributed by atoms with Gasteiger partial charge in [0.1, 0.15) is 11.0 Å². The van der Waals surface area contributed by atoms with E-state index in [2.05, 4.69) is 39.9 Å². The van der Waals surface area contributed by atoms with Crippen molar-refractivity contribution in [2.45, 2.75) is 33.0 Å². The van der Waals surface area contributed by atoms with Gasteiger partial charge in [0.2, 0.25) is 0 Å². The summed E-state index contributed by atoms with van der Waals surface area (Å²) >= 11 is 12.3. The first kappa shape index (κ1) is 24.5. The molecule has 10 heteroatoms. The summed E-state index contributed by atoms with van der Waals surface area (Å²) in [6.07, 6.45) is 0. The Hall–Kier alpha value is -1.78. The number of aliphatic imine (C=N–C) groups is 1. The fourth-order valence-electron chi connectivity index (χ4n) is 2.85. The molecule has 0 radical (unpaired) electrons. The van der Waals surface area contributed by atoms with E-state index in [-0.39, 0.29) is 30.0 Å². The van der Waals surface area contributed by atoms with Crippen molar-refractivity contribution in [2.75, 3.05) is 0 Å². The molecule has 0 saturated heterocycles. The summed E-state index contributed by atoms with van der Waals surface area (Å²) in [5.41, 5.74) is 2.09. The molecule has 0 aliphatic carbocycles. The summed E-state index contributed by atoms with van der Waals surface area (Å²) in [7, 11) is 3.81. The number of aromatic nitrogens is 4. The highest BCUT2D eigenvalue weighted by Crippen LogP contribution is 2.25. The van der Waals surface area contributed by atoms with Gasteiger partial charge < -0.3 is 19.8 Å². The van der Waals surface area contributed by atoms with E-state index in [4.69, 9.17) is 28.2 Å². The van der Waals surface area contributed by atoms with Crippen molar-refractivity contribution in [3.63, 3.8) is 0 Å². The highest BCUT2D eigenvalue weighted by atomic mass is 127. The Morgan fingerprint density at radius 1 is 1.13 bits per heavy atom. The molecule has 1 unspecified atom stereocenters. The molecule has 0 aliphatic rings. The Morgan fingerprint density at radius 2 is 1.83 bits per heavy atom. The third-order valence-corrected chi connectivity index (χ3v) is 5.71. The van der Waals surface area contributed by atoms with Crippen LogP contribution in [0.5, 0.6) is 0 Å². The number of nitrogens with one attached hydrogen (secondary N) is 2. The van der Waals surface area contributed by atoms with Crippen molar-refractivity contribution in [1.29, 1.82) is 0 Å². The number of rotatable bonds is 6. The fraction of sp³-hybridized carbons (Fsp3) is 0.350. The summed E-state index contributed by atoms with van der Waals surface area (Å²) in [6, 6.07) is 12.1. The zero-order valence-corrected chi connectivity index (χ0v) is 21.2. The predicted octanol–water partition coefficient (Wildman–Crippen LogP) is 4.38. The Kier molecular flexibility index (Phi) is 8.99. The minimum atomic E-state index is 0. The molecule has 2 aromatic heterocycles. The standard InChI is InChI=1S/C20H25Cl2N7.HI/c1-13(15-8-6-5-7-9-15)25-20(24-12-18-27-26-14(2)28(18)3)23-11-16-10-17(21)19(22)29(16)4;/h5-10,13H,11-12H2,1-4H3,(H2,23,24,25);1H. The molecular formula is C20H26Cl2IN7. The van der Waals surface area contributed by atoms with Crippen molar-refractivity contribution < 1.29 is 0 Å². The van der Waals surface area contributed by atoms with Gasteiger partial charge in [-0.1, -0.05) is 53.5 Å². The number of halogens is 3. The van der Waals surface area contributed by atoms with Crippen LogP contribution in [-0.2, 0) is 27.2 Å². The largest absolute Gasteiger partial charge is 0.350 e. The first-order valence-corrected chi connectivity index (χ1v) is 10.1. The summed E-state index contributed by atoms with van der Waals surface area (Å²) < 4.78 is 3.78. The van der Waals surface area contributed by atoms with E-state index < -0.39 is 0 Å². The summed E-state index contributed by atoms with van der Waals surface area (Å²) in [5, 5.41) is 16.1. The molecule has 0 spiro atoms. The summed E-state index contributed by atoms with van der Waals surface area (Å²) in [6.45, 7) is 4.94. The second kappa shape index (κ2) is 11.0. The number of guanidine groups is 1. The number of benzene rings is 1. The third kappa shape index (κ3) is 5.89. The highest BCUT2D eigenvalue weighted by molar-refractivity contribution is 14.0. The molecule has 0 saturated carbocycles. The van der Waals surface area contributed by atoms with Gasteiger partial charge >= 0.3 is 0 Å². The highest BCUT2D eigenvalue weighted by Gasteiger charge is 2.12. The van der Waals surface area contributed by atoms with Crippen LogP contribution < -0.4 is 10.6 Å². The Morgan fingerprint density at radius 3 is 2.40 bits per heavy atom. The van der Waals surface area contributed by atoms with Crippen LogP contribution in [0.3, 0.4) is 0 Å². The van der Waals surface area contributed by atoms with E-state index in [0.717, 1.165) is 17.3 Å². The van der Waals surface area contributed by atoms with Crippen LogP contribution in [0.15, 0.2) is 41.4 Å². The van der Waals surface area contributed by atoms with E-state index in [1.807, 2.05) is 54.4 Å². The van der Waals surface area contributed by atoms with Gasteiger partial charge in [-0.3, -0.25) is 0 Å². The minimum absolute atomic E-state index is 0. The minimum Gasteiger partial charge on any atom is -0.350 e. The lowest BCUT2D eigenvalue weighted by molar-refractivity contribution is 0.662. The predicted molar refractivity (Wildman–Crippen MR) is 133 cm³/mol. The molecule has 7 nitrogen and oxygen atoms in total. The second-order valence-electron chi connectivity index (χ2n) is 6.85. The smallest absolute Gasteiger partial charge is 0.192 e. The molecule has 0 fully saturated rings. The monoisotopic (exact) mass is 561 g/mol. The van der Waals surface area contributed by atoms with Crippen LogP contribution in [0.25, 0.3) is 0 Å². The number of nitrogens with zero attached hydrogens (tertiary/aromatic N) is 5. The van der Waals surface area contributed by atoms with Crippen LogP contribution >= 0.6 is 47.2 Å². The molecule has 0 amide bonds. The van der Waals surface area contributed by atoms with Crippen molar-refractivity contribution in [2.24, 2.45) is 19.1 Å². The van der Waals surface area contributed by atoms with Crippen LogP contribution in [0.1, 0.15) is 35.9 Å². The van der Waals surface area contributed by atoms with Crippen LogP contribution in [0.4, 0.5) is 0 Å². The van der Waals surface area contributed by atoms with Crippen LogP contribution in [0, 0.1) is 6.92 Å². The fourth-order valence-corrected chi connectivity index (χ4v) is 3.27. The van der Waals surface area contributed by atoms with Crippen LogP contribution in [-0.4, -0.2) is 25.3 Å². The van der Waals surface area contributed by atoms with E-state index >= 15 is 0 Å². The summed E-state index contributed by atoms with van der Waals surface area (Å²) in [4.78, 5) is 4.73. The maximum atomic E-state index is 6.17. The molecule has 0 aliphatic heterocycles. The molecule has 30 heavy (non-hydrogen) atoms. The van der Waals surface area contributed by atoms with Crippen molar-refractivity contribution in [3.05, 3.63) is 69.5 Å². The van der Waals surface area contributed by atoms with E-state index in [0.29, 0.717) is 29.2 Å². The topological polar surface area (TPSA) is 72.1 Å². The van der Waals surface area contributed by atoms with Gasteiger partial charge in [0.15, 0.2) is 11.8 Å². The summed E-state index contributed by atoms with van der Waals surface area (Å²) in [5.74, 6) is 2.35. The van der Waals surface area contributed by atoms with Gasteiger partial charge in [0.25, 0.3) is 0 Å². The maximum Gasteiger partial charge on any atom is 0.192 e. The first-order valence-electron chi connectivity index (χ1n) is 9.31. The molecule has 1 aromatic carbocycles. The average Bonchev–Trinajstić information content (AvgIpc) is 3.17. The zero-order chi connectivity index (χ0) is 21.0. The molecule has 3 rings (SSSR count). The number of aryl methyl sites for hydroxylation is 1. The lowest BCUT2D eigenvalue weighted by Crippen LogP contribution is -2.39. The molecule has 0 bridgehead atoms. The average molecular weight is 562 g/mol. The van der Waals surface area contributed by atoms with Gasteiger partial charge in [0, 0.05) is 19.8 Å². The lowest BCUT2D eigenvalue weighted by Gasteiger charge is -2.19. The molecule has 2 heterocycles. The van der Waals surface area contributed by atoms with Gasteiger partial charge in [-0.25, -0.2) is 4.99 Å². The Bertz CT molecular complexity index is 998. The van der Waals surface area contributed by atoms with Gasteiger partial charge in [-0.2, -0.15) is 0 Å². The maximum absolute atomic E-state index is 6.17.